The van der Waals surface area contributed by atoms with Crippen LogP contribution >= 0.6 is 0 Å². The summed E-state index contributed by atoms with van der Waals surface area (Å²) in [5.41, 5.74) is 6.95. The first-order valence-corrected chi connectivity index (χ1v) is 6.95. The lowest BCUT2D eigenvalue weighted by atomic mass is 10.1. The summed E-state index contributed by atoms with van der Waals surface area (Å²) in [6, 6.07) is 7.99. The number of carbonyl (C=O) groups is 1. The molecule has 0 spiro atoms. The molecule has 1 aliphatic rings. The van der Waals surface area contributed by atoms with Gasteiger partial charge in [0.05, 0.1) is 6.61 Å². The number of amides is 1. The van der Waals surface area contributed by atoms with E-state index in [1.54, 1.807) is 6.07 Å². The molecule has 1 fully saturated rings. The lowest BCUT2D eigenvalue weighted by Crippen LogP contribution is -2.35. The highest BCUT2D eigenvalue weighted by molar-refractivity contribution is 5.94. The number of hydrogen-bond acceptors (Lipinski definition) is 3. The summed E-state index contributed by atoms with van der Waals surface area (Å²) in [6.45, 7) is 1.48. The third-order valence-corrected chi connectivity index (χ3v) is 3.88. The smallest absolute Gasteiger partial charge is 0.249 e. The third-order valence-electron chi connectivity index (χ3n) is 3.88. The maximum absolute atomic E-state index is 11.4. The highest BCUT2D eigenvalue weighted by Gasteiger charge is 2.23. The minimum Gasteiger partial charge on any atom is -0.395 e. The number of nitrogens with zero attached hydrogens (tertiary/aromatic N) is 1. The Morgan fingerprint density at radius 3 is 2.63 bits per heavy atom. The van der Waals surface area contributed by atoms with Gasteiger partial charge in [-0.25, -0.2) is 0 Å². The van der Waals surface area contributed by atoms with Crippen LogP contribution in [0.15, 0.2) is 24.3 Å². The van der Waals surface area contributed by atoms with Crippen molar-refractivity contribution in [2.24, 2.45) is 5.73 Å². The van der Waals surface area contributed by atoms with Gasteiger partial charge in [-0.05, 0) is 24.5 Å². The molecule has 0 unspecified atom stereocenters. The Morgan fingerprint density at radius 2 is 2.00 bits per heavy atom. The molecule has 0 aliphatic heterocycles. The molecule has 2 rings (SSSR count). The van der Waals surface area contributed by atoms with Crippen molar-refractivity contribution in [3.05, 3.63) is 35.4 Å². The van der Waals surface area contributed by atoms with Crippen LogP contribution in [0.4, 0.5) is 0 Å². The second kappa shape index (κ2) is 6.68. The van der Waals surface area contributed by atoms with Crippen molar-refractivity contribution in [2.45, 2.75) is 38.3 Å². The van der Waals surface area contributed by atoms with Crippen molar-refractivity contribution in [3.63, 3.8) is 0 Å². The van der Waals surface area contributed by atoms with Crippen LogP contribution in [0.2, 0.25) is 0 Å². The maximum atomic E-state index is 11.4. The second-order valence-electron chi connectivity index (χ2n) is 5.15. The number of benzene rings is 1. The summed E-state index contributed by atoms with van der Waals surface area (Å²) in [5.74, 6) is -0.383. The van der Waals surface area contributed by atoms with Crippen LogP contribution in [0, 0.1) is 0 Å². The maximum Gasteiger partial charge on any atom is 0.249 e. The van der Waals surface area contributed by atoms with Crippen molar-refractivity contribution in [1.29, 1.82) is 0 Å². The van der Waals surface area contributed by atoms with Crippen molar-refractivity contribution in [3.8, 4) is 0 Å². The Bertz CT molecular complexity index is 428. The van der Waals surface area contributed by atoms with Gasteiger partial charge < -0.3 is 10.8 Å². The first kappa shape index (κ1) is 14.0. The molecule has 1 aliphatic carbocycles. The third kappa shape index (κ3) is 3.55. The fourth-order valence-electron chi connectivity index (χ4n) is 2.91. The standard InChI is InChI=1S/C15H22N2O2/c16-15(19)14-8-4-1-5-12(14)11-17(9-10-18)13-6-2-3-7-13/h1,4-5,8,13,18H,2-3,6-7,9-11H2,(H2,16,19). The number of aliphatic hydroxyl groups excluding tert-OH is 1. The molecular formula is C15H22N2O2. The van der Waals surface area contributed by atoms with Gasteiger partial charge in [-0.3, -0.25) is 9.69 Å². The molecule has 0 saturated heterocycles. The zero-order chi connectivity index (χ0) is 13.7. The zero-order valence-corrected chi connectivity index (χ0v) is 11.2. The van der Waals surface area contributed by atoms with Gasteiger partial charge in [-0.15, -0.1) is 0 Å². The second-order valence-corrected chi connectivity index (χ2v) is 5.15. The van der Waals surface area contributed by atoms with Gasteiger partial charge in [0.25, 0.3) is 0 Å². The van der Waals surface area contributed by atoms with E-state index in [0.29, 0.717) is 24.7 Å². The van der Waals surface area contributed by atoms with E-state index in [2.05, 4.69) is 4.90 Å². The van der Waals surface area contributed by atoms with Crippen LogP contribution in [0.5, 0.6) is 0 Å². The van der Waals surface area contributed by atoms with E-state index in [0.717, 1.165) is 5.56 Å². The molecule has 0 atom stereocenters. The van der Waals surface area contributed by atoms with Crippen molar-refractivity contribution < 1.29 is 9.90 Å². The molecular weight excluding hydrogens is 240 g/mol. The Labute approximate surface area is 114 Å². The largest absolute Gasteiger partial charge is 0.395 e. The van der Waals surface area contributed by atoms with Crippen molar-refractivity contribution in [2.75, 3.05) is 13.2 Å². The fraction of sp³-hybridized carbons (Fsp3) is 0.533. The molecule has 0 aromatic heterocycles. The number of hydrogen-bond donors (Lipinski definition) is 2. The van der Waals surface area contributed by atoms with E-state index in [-0.39, 0.29) is 12.5 Å². The van der Waals surface area contributed by atoms with Crippen LogP contribution in [-0.4, -0.2) is 35.1 Å². The average Bonchev–Trinajstić information content (AvgIpc) is 2.92. The van der Waals surface area contributed by atoms with E-state index >= 15 is 0 Å². The van der Waals surface area contributed by atoms with E-state index in [1.165, 1.54) is 25.7 Å². The van der Waals surface area contributed by atoms with Crippen molar-refractivity contribution >= 4 is 5.91 Å². The van der Waals surface area contributed by atoms with Gasteiger partial charge in [0.2, 0.25) is 5.91 Å². The summed E-state index contributed by atoms with van der Waals surface area (Å²) in [5, 5.41) is 9.22. The molecule has 104 valence electrons. The molecule has 4 nitrogen and oxygen atoms in total. The average molecular weight is 262 g/mol. The van der Waals surface area contributed by atoms with Gasteiger partial charge in [0, 0.05) is 24.7 Å². The molecule has 1 aromatic carbocycles. The monoisotopic (exact) mass is 262 g/mol. The SMILES string of the molecule is NC(=O)c1ccccc1CN(CCO)C1CCCC1. The Morgan fingerprint density at radius 1 is 1.32 bits per heavy atom. The lowest BCUT2D eigenvalue weighted by Gasteiger charge is -2.28. The predicted octanol–water partition coefficient (Wildman–Crippen LogP) is 1.52. The Hall–Kier alpha value is -1.39. The lowest BCUT2D eigenvalue weighted by molar-refractivity contribution is 0.0996. The summed E-state index contributed by atoms with van der Waals surface area (Å²) >= 11 is 0. The van der Waals surface area contributed by atoms with Crippen LogP contribution < -0.4 is 5.73 Å². The Balaban J connectivity index is 2.14. The van der Waals surface area contributed by atoms with E-state index in [4.69, 9.17) is 5.73 Å². The summed E-state index contributed by atoms with van der Waals surface area (Å²) in [4.78, 5) is 13.7. The van der Waals surface area contributed by atoms with Crippen LogP contribution in [0.1, 0.15) is 41.6 Å². The van der Waals surface area contributed by atoms with Gasteiger partial charge in [0.15, 0.2) is 0 Å². The molecule has 19 heavy (non-hydrogen) atoms. The van der Waals surface area contributed by atoms with Crippen LogP contribution in [0.3, 0.4) is 0 Å². The highest BCUT2D eigenvalue weighted by Crippen LogP contribution is 2.25. The molecule has 0 heterocycles. The molecule has 1 saturated carbocycles. The topological polar surface area (TPSA) is 66.6 Å². The first-order chi connectivity index (χ1) is 9.22. The van der Waals surface area contributed by atoms with Gasteiger partial charge in [-0.2, -0.15) is 0 Å². The quantitative estimate of drug-likeness (QED) is 0.817. The summed E-state index contributed by atoms with van der Waals surface area (Å²) in [6.07, 6.45) is 4.87. The van der Waals surface area contributed by atoms with Gasteiger partial charge >= 0.3 is 0 Å². The molecule has 0 bridgehead atoms. The number of nitrogens with two attached hydrogens (primary N) is 1. The number of primary amides is 1. The minimum atomic E-state index is -0.383. The van der Waals surface area contributed by atoms with E-state index < -0.39 is 0 Å². The predicted molar refractivity (Wildman–Crippen MR) is 74.7 cm³/mol. The minimum absolute atomic E-state index is 0.148. The summed E-state index contributed by atoms with van der Waals surface area (Å²) in [7, 11) is 0. The van der Waals surface area contributed by atoms with E-state index in [9.17, 15) is 9.90 Å². The normalized spacial score (nSPS) is 16.1. The van der Waals surface area contributed by atoms with Crippen LogP contribution in [0.25, 0.3) is 0 Å². The number of aliphatic hydroxyl groups is 1. The van der Waals surface area contributed by atoms with Crippen molar-refractivity contribution in [1.82, 2.24) is 4.90 Å². The van der Waals surface area contributed by atoms with Crippen LogP contribution in [-0.2, 0) is 6.54 Å². The highest BCUT2D eigenvalue weighted by atomic mass is 16.3. The molecule has 3 N–H and O–H groups in total. The number of rotatable bonds is 6. The molecule has 1 aromatic rings. The molecule has 0 radical (unpaired) electrons. The summed E-state index contributed by atoms with van der Waals surface area (Å²) < 4.78 is 0. The van der Waals surface area contributed by atoms with Gasteiger partial charge in [-0.1, -0.05) is 31.0 Å². The first-order valence-electron chi connectivity index (χ1n) is 6.95. The number of carbonyl (C=O) groups excluding carboxylic acids is 1. The molecule has 1 amide bonds. The van der Waals surface area contributed by atoms with Gasteiger partial charge in [0.1, 0.15) is 0 Å². The fourth-order valence-corrected chi connectivity index (χ4v) is 2.91. The zero-order valence-electron chi connectivity index (χ0n) is 11.2. The Kier molecular flexibility index (Phi) is 4.93. The van der Waals surface area contributed by atoms with E-state index in [1.807, 2.05) is 18.2 Å². The molecule has 4 heteroatoms.